The molecule has 3 heteroatoms. The van der Waals surface area contributed by atoms with Crippen LogP contribution < -0.4 is 0 Å². The van der Waals surface area contributed by atoms with E-state index in [1.165, 1.54) is 22.0 Å². The molecule has 0 aliphatic heterocycles. The van der Waals surface area contributed by atoms with Crippen molar-refractivity contribution in [3.63, 3.8) is 0 Å². The number of hydrogen-bond donors (Lipinski definition) is 0. The first-order chi connectivity index (χ1) is 7.76. The highest BCUT2D eigenvalue weighted by Crippen LogP contribution is 2.22. The van der Waals surface area contributed by atoms with Crippen molar-refractivity contribution in [2.24, 2.45) is 0 Å². The molecule has 2 rings (SSSR count). The Kier molecular flexibility index (Phi) is 3.57. The molecule has 0 spiro atoms. The smallest absolute Gasteiger partial charge is 0.0592 e. The number of fused-ring (bicyclic) bond motifs is 1. The van der Waals surface area contributed by atoms with Crippen LogP contribution in [0.4, 0.5) is 0 Å². The summed E-state index contributed by atoms with van der Waals surface area (Å²) < 4.78 is 2.13. The highest BCUT2D eigenvalue weighted by molar-refractivity contribution is 6.36. The molecule has 0 fully saturated rings. The first-order valence-electron chi connectivity index (χ1n) is 5.27. The van der Waals surface area contributed by atoms with Crippen LogP contribution in [0.3, 0.4) is 0 Å². The third kappa shape index (κ3) is 2.11. The Bertz CT molecular complexity index is 526. The van der Waals surface area contributed by atoms with Crippen molar-refractivity contribution in [3.8, 4) is 0 Å². The van der Waals surface area contributed by atoms with Crippen LogP contribution in [0.15, 0.2) is 41.0 Å². The molecule has 1 aromatic carbocycles. The largest absolute Gasteiger partial charge is 0.342 e. The van der Waals surface area contributed by atoms with Crippen molar-refractivity contribution in [1.29, 1.82) is 0 Å². The Morgan fingerprint density at radius 2 is 2.19 bits per heavy atom. The maximum absolute atomic E-state index is 5.96. The molecule has 0 aliphatic carbocycles. The molecule has 16 heavy (non-hydrogen) atoms. The third-order valence-electron chi connectivity index (χ3n) is 2.69. The van der Waals surface area contributed by atoms with E-state index in [9.17, 15) is 0 Å². The maximum Gasteiger partial charge on any atom is 0.0592 e. The molecule has 1 nitrogen and oxygen atoms in total. The Hall–Kier alpha value is -0.920. The fourth-order valence-electron chi connectivity index (χ4n) is 1.96. The molecule has 84 valence electrons. The van der Waals surface area contributed by atoms with Crippen molar-refractivity contribution in [2.75, 3.05) is 0 Å². The van der Waals surface area contributed by atoms with E-state index < -0.39 is 0 Å². The van der Waals surface area contributed by atoms with Crippen LogP contribution in [0.5, 0.6) is 0 Å². The van der Waals surface area contributed by atoms with Gasteiger partial charge in [0.25, 0.3) is 0 Å². The number of nitrogens with zero attached hydrogens (tertiary/aromatic N) is 1. The number of halogens is 2. The third-order valence-corrected chi connectivity index (χ3v) is 3.30. The summed E-state index contributed by atoms with van der Waals surface area (Å²) in [6.45, 7) is 2.79. The van der Waals surface area contributed by atoms with Crippen LogP contribution in [0.25, 0.3) is 10.9 Å². The van der Waals surface area contributed by atoms with E-state index in [0.29, 0.717) is 11.6 Å². The van der Waals surface area contributed by atoms with Gasteiger partial charge < -0.3 is 4.57 Å². The van der Waals surface area contributed by atoms with Gasteiger partial charge in [-0.15, -0.1) is 0 Å². The molecule has 1 aromatic heterocycles. The predicted molar refractivity (Wildman–Crippen MR) is 71.1 cm³/mol. The van der Waals surface area contributed by atoms with E-state index in [1.54, 1.807) is 0 Å². The lowest BCUT2D eigenvalue weighted by Gasteiger charge is -2.07. The zero-order valence-corrected chi connectivity index (χ0v) is 10.6. The van der Waals surface area contributed by atoms with Gasteiger partial charge in [-0.1, -0.05) is 48.3 Å². The predicted octanol–water partition coefficient (Wildman–Crippen LogP) is 4.52. The number of para-hydroxylation sites is 1. The number of rotatable bonds is 3. The summed E-state index contributed by atoms with van der Waals surface area (Å²) in [6, 6.07) is 8.46. The van der Waals surface area contributed by atoms with Gasteiger partial charge in [-0.25, -0.2) is 0 Å². The van der Waals surface area contributed by atoms with Crippen molar-refractivity contribution in [2.45, 2.75) is 19.9 Å². The molecule has 0 radical (unpaired) electrons. The van der Waals surface area contributed by atoms with E-state index >= 15 is 0 Å². The Balaban J connectivity index is 2.54. The van der Waals surface area contributed by atoms with Crippen LogP contribution in [0.1, 0.15) is 12.5 Å². The highest BCUT2D eigenvalue weighted by atomic mass is 35.5. The molecule has 1 heterocycles. The van der Waals surface area contributed by atoms with Gasteiger partial charge in [0.15, 0.2) is 0 Å². The molecule has 0 saturated carbocycles. The van der Waals surface area contributed by atoms with Crippen molar-refractivity contribution >= 4 is 34.1 Å². The Morgan fingerprint density at radius 1 is 1.38 bits per heavy atom. The molecule has 0 aliphatic rings. The maximum atomic E-state index is 5.96. The summed E-state index contributed by atoms with van der Waals surface area (Å²) in [5.74, 6) is 0. The molecule has 0 saturated heterocycles. The van der Waals surface area contributed by atoms with Gasteiger partial charge >= 0.3 is 0 Å². The van der Waals surface area contributed by atoms with Gasteiger partial charge in [0.05, 0.1) is 12.1 Å². The second-order valence-electron chi connectivity index (χ2n) is 3.71. The SMILES string of the molecule is CCc1cccc2ccn(C/C(Cl)=C/Cl)c12. The molecule has 0 amide bonds. The molecule has 2 aromatic rings. The molecular weight excluding hydrogens is 241 g/mol. The minimum Gasteiger partial charge on any atom is -0.342 e. The van der Waals surface area contributed by atoms with Gasteiger partial charge in [-0.3, -0.25) is 0 Å². The van der Waals surface area contributed by atoms with E-state index in [0.717, 1.165) is 6.42 Å². The summed E-state index contributed by atoms with van der Waals surface area (Å²) in [4.78, 5) is 0. The quantitative estimate of drug-likeness (QED) is 0.758. The summed E-state index contributed by atoms with van der Waals surface area (Å²) in [5.41, 5.74) is 4.00. The van der Waals surface area contributed by atoms with Crippen LogP contribution in [-0.2, 0) is 13.0 Å². The number of allylic oxidation sites excluding steroid dienone is 1. The Labute approximate surface area is 105 Å². The summed E-state index contributed by atoms with van der Waals surface area (Å²) >= 11 is 11.5. The summed E-state index contributed by atoms with van der Waals surface area (Å²) in [7, 11) is 0. The fraction of sp³-hybridized carbons (Fsp3) is 0.231. The number of benzene rings is 1. The zero-order chi connectivity index (χ0) is 11.5. The normalized spacial score (nSPS) is 12.3. The lowest BCUT2D eigenvalue weighted by molar-refractivity contribution is 0.846. The molecule has 0 unspecified atom stereocenters. The topological polar surface area (TPSA) is 4.93 Å². The minimum atomic E-state index is 0.631. The van der Waals surface area contributed by atoms with E-state index in [-0.39, 0.29) is 0 Å². The number of aromatic nitrogens is 1. The van der Waals surface area contributed by atoms with Gasteiger partial charge in [0.2, 0.25) is 0 Å². The van der Waals surface area contributed by atoms with Crippen LogP contribution in [0.2, 0.25) is 0 Å². The van der Waals surface area contributed by atoms with Gasteiger partial charge in [-0.05, 0) is 23.4 Å². The monoisotopic (exact) mass is 253 g/mol. The second-order valence-corrected chi connectivity index (χ2v) is 4.41. The average molecular weight is 254 g/mol. The van der Waals surface area contributed by atoms with Crippen molar-refractivity contribution in [1.82, 2.24) is 4.57 Å². The second kappa shape index (κ2) is 4.94. The van der Waals surface area contributed by atoms with Crippen LogP contribution in [0, 0.1) is 0 Å². The van der Waals surface area contributed by atoms with Crippen molar-refractivity contribution in [3.05, 3.63) is 46.6 Å². The number of aryl methyl sites for hydroxylation is 1. The first-order valence-corrected chi connectivity index (χ1v) is 6.09. The highest BCUT2D eigenvalue weighted by Gasteiger charge is 2.05. The summed E-state index contributed by atoms with van der Waals surface area (Å²) in [5, 5.41) is 1.89. The minimum absolute atomic E-state index is 0.631. The molecule has 0 atom stereocenters. The van der Waals surface area contributed by atoms with E-state index in [2.05, 4.69) is 35.8 Å². The lowest BCUT2D eigenvalue weighted by atomic mass is 10.1. The molecular formula is C13H13Cl2N. The van der Waals surface area contributed by atoms with Crippen molar-refractivity contribution < 1.29 is 0 Å². The molecule has 0 N–H and O–H groups in total. The Morgan fingerprint density at radius 3 is 2.88 bits per heavy atom. The van der Waals surface area contributed by atoms with Gasteiger partial charge in [-0.2, -0.15) is 0 Å². The lowest BCUT2D eigenvalue weighted by Crippen LogP contribution is -1.98. The van der Waals surface area contributed by atoms with E-state index in [1.807, 2.05) is 6.20 Å². The fourth-order valence-corrected chi connectivity index (χ4v) is 2.15. The standard InChI is InChI=1S/C13H13Cl2N/c1-2-10-4-3-5-11-6-7-16(13(10)11)9-12(15)8-14/h3-8H,2,9H2,1H3/b12-8-. The number of hydrogen-bond acceptors (Lipinski definition) is 0. The molecule has 0 bridgehead atoms. The zero-order valence-electron chi connectivity index (χ0n) is 9.08. The van der Waals surface area contributed by atoms with Gasteiger partial charge in [0.1, 0.15) is 0 Å². The van der Waals surface area contributed by atoms with Gasteiger partial charge in [0, 0.05) is 16.8 Å². The average Bonchev–Trinajstić information content (AvgIpc) is 2.72. The van der Waals surface area contributed by atoms with Crippen LogP contribution in [-0.4, -0.2) is 4.57 Å². The summed E-state index contributed by atoms with van der Waals surface area (Å²) in [6.07, 6.45) is 3.07. The van der Waals surface area contributed by atoms with E-state index in [4.69, 9.17) is 23.2 Å². The van der Waals surface area contributed by atoms with Crippen LogP contribution >= 0.6 is 23.2 Å². The first kappa shape index (κ1) is 11.6.